The minimum absolute atomic E-state index is 0.475. The van der Waals surface area contributed by atoms with Gasteiger partial charge in [0, 0.05) is 0 Å². The van der Waals surface area contributed by atoms with Gasteiger partial charge in [-0.05, 0) is 79.4 Å². The molecule has 4 saturated carbocycles. The fraction of sp³-hybridized carbons (Fsp3) is 0.588. The van der Waals surface area contributed by atoms with Gasteiger partial charge in [0.25, 0.3) is 0 Å². The second-order valence-electron chi connectivity index (χ2n) is 7.54. The number of nitrogens with zero attached hydrogens (tertiary/aromatic N) is 1. The Morgan fingerprint density at radius 3 is 2.38 bits per heavy atom. The Kier molecular flexibility index (Phi) is 2.48. The van der Waals surface area contributed by atoms with E-state index in [1.807, 2.05) is 0 Å². The number of rotatable bonds is 2. The van der Waals surface area contributed by atoms with Crippen LogP contribution in [0.4, 0.5) is 5.13 Å². The molecule has 4 aliphatic carbocycles. The van der Waals surface area contributed by atoms with Gasteiger partial charge in [0.2, 0.25) is 0 Å². The van der Waals surface area contributed by atoms with Gasteiger partial charge in [-0.15, -0.1) is 0 Å². The molecule has 1 heterocycles. The van der Waals surface area contributed by atoms with Gasteiger partial charge in [-0.25, -0.2) is 10.8 Å². The first-order valence-electron chi connectivity index (χ1n) is 8.12. The number of hydrogen-bond acceptors (Lipinski definition) is 4. The van der Waals surface area contributed by atoms with Crippen LogP contribution < -0.4 is 11.3 Å². The van der Waals surface area contributed by atoms with Crippen LogP contribution in [0.5, 0.6) is 0 Å². The van der Waals surface area contributed by atoms with E-state index in [1.54, 1.807) is 16.9 Å². The summed E-state index contributed by atoms with van der Waals surface area (Å²) in [6.45, 7) is 0. The van der Waals surface area contributed by atoms with Crippen LogP contribution in [-0.2, 0) is 5.41 Å². The van der Waals surface area contributed by atoms with E-state index in [2.05, 4.69) is 28.6 Å². The lowest BCUT2D eigenvalue weighted by atomic mass is 9.48. The van der Waals surface area contributed by atoms with Crippen molar-refractivity contribution in [2.75, 3.05) is 5.43 Å². The number of nitrogens with two attached hydrogens (primary N) is 1. The molecule has 4 bridgehead atoms. The molecular weight excluding hydrogens is 278 g/mol. The zero-order valence-corrected chi connectivity index (χ0v) is 13.0. The molecule has 0 atom stereocenters. The summed E-state index contributed by atoms with van der Waals surface area (Å²) in [5, 5.41) is 0.813. The molecule has 0 unspecified atom stereocenters. The number of hydrazine groups is 1. The summed E-state index contributed by atoms with van der Waals surface area (Å²) >= 11 is 1.67. The van der Waals surface area contributed by atoms with E-state index in [1.165, 1.54) is 43.2 Å². The van der Waals surface area contributed by atoms with Crippen molar-refractivity contribution in [3.8, 4) is 0 Å². The largest absolute Gasteiger partial charge is 0.300 e. The second-order valence-corrected chi connectivity index (χ2v) is 8.57. The monoisotopic (exact) mass is 299 g/mol. The number of hydrogen-bond donors (Lipinski definition) is 2. The highest BCUT2D eigenvalue weighted by atomic mass is 32.1. The van der Waals surface area contributed by atoms with E-state index in [0.717, 1.165) is 28.4 Å². The minimum Gasteiger partial charge on any atom is -0.300 e. The maximum atomic E-state index is 5.50. The number of anilines is 1. The van der Waals surface area contributed by atoms with Crippen molar-refractivity contribution >= 4 is 26.7 Å². The molecule has 2 aromatic rings. The van der Waals surface area contributed by atoms with E-state index < -0.39 is 0 Å². The smallest absolute Gasteiger partial charge is 0.198 e. The summed E-state index contributed by atoms with van der Waals surface area (Å²) in [5.74, 6) is 8.48. The Morgan fingerprint density at radius 1 is 1.10 bits per heavy atom. The van der Waals surface area contributed by atoms with Crippen molar-refractivity contribution < 1.29 is 0 Å². The Balaban J connectivity index is 1.60. The molecule has 1 aromatic heterocycles. The lowest BCUT2D eigenvalue weighted by molar-refractivity contribution is -0.00512. The molecule has 110 valence electrons. The van der Waals surface area contributed by atoms with Gasteiger partial charge >= 0.3 is 0 Å². The first kappa shape index (κ1) is 12.4. The minimum atomic E-state index is 0.475. The zero-order chi connectivity index (χ0) is 14.0. The first-order chi connectivity index (χ1) is 10.2. The van der Waals surface area contributed by atoms with Crippen LogP contribution in [0.2, 0.25) is 0 Å². The van der Waals surface area contributed by atoms with Crippen LogP contribution in [0.15, 0.2) is 18.2 Å². The third kappa shape index (κ3) is 1.78. The van der Waals surface area contributed by atoms with Crippen LogP contribution in [-0.4, -0.2) is 4.98 Å². The average molecular weight is 299 g/mol. The first-order valence-corrected chi connectivity index (χ1v) is 8.93. The van der Waals surface area contributed by atoms with Crippen molar-refractivity contribution in [3.63, 3.8) is 0 Å². The second kappa shape index (κ2) is 4.20. The van der Waals surface area contributed by atoms with Crippen molar-refractivity contribution in [2.45, 2.75) is 43.9 Å². The number of thiazole rings is 1. The molecule has 3 N–H and O–H groups in total. The molecule has 0 saturated heterocycles. The fourth-order valence-corrected chi connectivity index (χ4v) is 6.60. The third-order valence-corrected chi connectivity index (χ3v) is 7.11. The number of benzene rings is 1. The van der Waals surface area contributed by atoms with Gasteiger partial charge in [0.1, 0.15) is 0 Å². The quantitative estimate of drug-likeness (QED) is 0.649. The van der Waals surface area contributed by atoms with Gasteiger partial charge in [-0.1, -0.05) is 17.4 Å². The molecule has 4 heteroatoms. The number of nitrogens with one attached hydrogen (secondary N) is 1. The van der Waals surface area contributed by atoms with Crippen LogP contribution in [0.25, 0.3) is 10.2 Å². The van der Waals surface area contributed by atoms with Gasteiger partial charge in [0.05, 0.1) is 10.2 Å². The van der Waals surface area contributed by atoms with E-state index in [4.69, 9.17) is 5.84 Å². The Hall–Kier alpha value is -1.13. The zero-order valence-electron chi connectivity index (χ0n) is 12.1. The Bertz CT molecular complexity index is 670. The summed E-state index contributed by atoms with van der Waals surface area (Å²) in [6.07, 6.45) is 8.78. The van der Waals surface area contributed by atoms with E-state index >= 15 is 0 Å². The van der Waals surface area contributed by atoms with E-state index in [0.29, 0.717) is 5.41 Å². The van der Waals surface area contributed by atoms with Crippen molar-refractivity contribution in [1.29, 1.82) is 0 Å². The van der Waals surface area contributed by atoms with Crippen LogP contribution >= 0.6 is 11.3 Å². The van der Waals surface area contributed by atoms with E-state index in [9.17, 15) is 0 Å². The lowest BCUT2D eigenvalue weighted by Gasteiger charge is -2.57. The molecule has 6 rings (SSSR count). The molecule has 21 heavy (non-hydrogen) atoms. The van der Waals surface area contributed by atoms with Crippen molar-refractivity contribution in [2.24, 2.45) is 23.6 Å². The molecule has 0 aliphatic heterocycles. The fourth-order valence-electron chi connectivity index (χ4n) is 5.78. The van der Waals surface area contributed by atoms with Gasteiger partial charge in [0.15, 0.2) is 5.13 Å². The molecule has 0 radical (unpaired) electrons. The van der Waals surface area contributed by atoms with E-state index in [-0.39, 0.29) is 0 Å². The van der Waals surface area contributed by atoms with Crippen LogP contribution in [0.1, 0.15) is 44.1 Å². The molecule has 4 aliphatic rings. The average Bonchev–Trinajstić information content (AvgIpc) is 2.88. The molecule has 1 aromatic carbocycles. The number of nitrogen functional groups attached to an aromatic ring is 1. The van der Waals surface area contributed by atoms with Gasteiger partial charge < -0.3 is 0 Å². The highest BCUT2D eigenvalue weighted by Crippen LogP contribution is 2.60. The normalized spacial score (nSPS) is 37.3. The topological polar surface area (TPSA) is 50.9 Å². The highest BCUT2D eigenvalue weighted by molar-refractivity contribution is 7.22. The predicted molar refractivity (Wildman–Crippen MR) is 87.3 cm³/mol. The summed E-state index contributed by atoms with van der Waals surface area (Å²) in [5.41, 5.74) is 5.80. The SMILES string of the molecule is NNc1nc2ccc(C34CC5CC(CC(C5)C3)C4)cc2s1. The van der Waals surface area contributed by atoms with Gasteiger partial charge in [-0.2, -0.15) is 0 Å². The molecular formula is C17H21N3S. The van der Waals surface area contributed by atoms with Crippen LogP contribution in [0, 0.1) is 17.8 Å². The Labute approximate surface area is 128 Å². The summed E-state index contributed by atoms with van der Waals surface area (Å²) in [7, 11) is 0. The summed E-state index contributed by atoms with van der Waals surface area (Å²) < 4.78 is 1.27. The molecule has 0 spiro atoms. The number of aromatic nitrogens is 1. The summed E-state index contributed by atoms with van der Waals surface area (Å²) in [4.78, 5) is 4.50. The maximum absolute atomic E-state index is 5.50. The van der Waals surface area contributed by atoms with Crippen molar-refractivity contribution in [3.05, 3.63) is 23.8 Å². The molecule has 4 fully saturated rings. The van der Waals surface area contributed by atoms with Crippen molar-refractivity contribution in [1.82, 2.24) is 4.98 Å². The predicted octanol–water partition coefficient (Wildman–Crippen LogP) is 4.05. The summed E-state index contributed by atoms with van der Waals surface area (Å²) in [6, 6.07) is 6.94. The molecule has 0 amide bonds. The standard InChI is InChI=1S/C17H21N3S/c18-20-16-19-14-2-1-13(6-15(14)21-16)17-7-10-3-11(8-17)5-12(4-10)9-17/h1-2,6,10-12H,3-5,7-9,18H2,(H,19,20). The number of fused-ring (bicyclic) bond motifs is 1. The van der Waals surface area contributed by atoms with Crippen LogP contribution in [0.3, 0.4) is 0 Å². The molecule has 3 nitrogen and oxygen atoms in total. The highest BCUT2D eigenvalue weighted by Gasteiger charge is 2.51. The maximum Gasteiger partial charge on any atom is 0.198 e. The Morgan fingerprint density at radius 2 is 1.76 bits per heavy atom. The van der Waals surface area contributed by atoms with Gasteiger partial charge in [-0.3, -0.25) is 5.43 Å². The lowest BCUT2D eigenvalue weighted by Crippen LogP contribution is -2.48. The third-order valence-electron chi connectivity index (χ3n) is 6.16.